The van der Waals surface area contributed by atoms with Crippen LogP contribution in [-0.2, 0) is 16.6 Å². The Hall–Kier alpha value is -1.82. The first-order valence-corrected chi connectivity index (χ1v) is 7.33. The molecule has 1 aliphatic heterocycles. The van der Waals surface area contributed by atoms with Crippen LogP contribution in [0, 0.1) is 0 Å². The van der Waals surface area contributed by atoms with Crippen molar-refractivity contribution >= 4 is 39.8 Å². The molecule has 1 amide bonds. The normalized spacial score (nSPS) is 19.0. The second-order valence-corrected chi connectivity index (χ2v) is 6.38. The number of carbonyl (C=O) groups is 2. The lowest BCUT2D eigenvalue weighted by molar-refractivity contribution is -0.117. The zero-order valence-electron chi connectivity index (χ0n) is 11.4. The monoisotopic (exact) mass is 289 g/mol. The maximum atomic E-state index is 12.1. The number of thioether (sulfide) groups is 1. The van der Waals surface area contributed by atoms with Crippen molar-refractivity contribution in [1.29, 1.82) is 0 Å². The molecule has 0 saturated carbocycles. The minimum absolute atomic E-state index is 0.0276. The van der Waals surface area contributed by atoms with E-state index in [2.05, 4.69) is 4.98 Å². The summed E-state index contributed by atoms with van der Waals surface area (Å²) in [5.74, 6) is 0.685. The Balaban J connectivity index is 1.93. The van der Waals surface area contributed by atoms with Crippen molar-refractivity contribution in [2.45, 2.75) is 18.6 Å². The summed E-state index contributed by atoms with van der Waals surface area (Å²) in [5.41, 5.74) is 1.87. The maximum absolute atomic E-state index is 12.1. The molecule has 1 saturated heterocycles. The highest BCUT2D eigenvalue weighted by molar-refractivity contribution is 8.14. The molecule has 2 heterocycles. The Morgan fingerprint density at radius 3 is 2.85 bits per heavy atom. The molecule has 1 aliphatic rings. The molecule has 1 aromatic heterocycles. The summed E-state index contributed by atoms with van der Waals surface area (Å²) in [7, 11) is 1.91. The summed E-state index contributed by atoms with van der Waals surface area (Å²) in [6.45, 7) is 2.08. The number of amides is 1. The molecule has 20 heavy (non-hydrogen) atoms. The molecule has 3 rings (SSSR count). The molecule has 1 fully saturated rings. The third kappa shape index (κ3) is 2.20. The molecule has 104 valence electrons. The summed E-state index contributed by atoms with van der Waals surface area (Å²) in [6.07, 6.45) is 0.396. The largest absolute Gasteiger partial charge is 0.313 e. The molecule has 0 N–H and O–H groups in total. The zero-order valence-corrected chi connectivity index (χ0v) is 12.2. The first-order chi connectivity index (χ1) is 9.56. The van der Waals surface area contributed by atoms with Crippen LogP contribution in [0.2, 0.25) is 0 Å². The number of hydrogen-bond donors (Lipinski definition) is 0. The van der Waals surface area contributed by atoms with E-state index in [9.17, 15) is 9.59 Å². The Labute approximate surface area is 121 Å². The lowest BCUT2D eigenvalue weighted by Crippen LogP contribution is -2.27. The lowest BCUT2D eigenvalue weighted by atomic mass is 10.3. The molecule has 0 spiro atoms. The van der Waals surface area contributed by atoms with Crippen molar-refractivity contribution in [1.82, 2.24) is 9.55 Å². The van der Waals surface area contributed by atoms with Gasteiger partial charge in [0.1, 0.15) is 0 Å². The number of carbonyl (C=O) groups excluding carboxylic acids is 2. The van der Waals surface area contributed by atoms with Gasteiger partial charge < -0.3 is 4.57 Å². The van der Waals surface area contributed by atoms with Gasteiger partial charge in [-0.3, -0.25) is 14.5 Å². The van der Waals surface area contributed by atoms with Crippen LogP contribution < -0.4 is 4.90 Å². The summed E-state index contributed by atoms with van der Waals surface area (Å²) < 4.78 is 1.92. The van der Waals surface area contributed by atoms with E-state index in [1.54, 1.807) is 4.90 Å². The second kappa shape index (κ2) is 4.94. The van der Waals surface area contributed by atoms with Gasteiger partial charge >= 0.3 is 0 Å². The molecule has 1 unspecified atom stereocenters. The minimum atomic E-state index is 0.0276. The molecule has 1 aromatic carbocycles. The quantitative estimate of drug-likeness (QED) is 0.848. The molecule has 6 heteroatoms. The average Bonchev–Trinajstić information content (AvgIpc) is 2.90. The predicted molar refractivity (Wildman–Crippen MR) is 79.7 cm³/mol. The maximum Gasteiger partial charge on any atom is 0.230 e. The van der Waals surface area contributed by atoms with Gasteiger partial charge in [-0.05, 0) is 12.1 Å². The van der Waals surface area contributed by atoms with Crippen LogP contribution in [0.3, 0.4) is 0 Å². The SMILES string of the molecule is CC(=O)SC1CC(=O)N(c2nc3ccccc3n2C)C1. The highest BCUT2D eigenvalue weighted by atomic mass is 32.2. The fraction of sp³-hybridized carbons (Fsp3) is 0.357. The van der Waals surface area contributed by atoms with E-state index in [1.165, 1.54) is 18.7 Å². The lowest BCUT2D eigenvalue weighted by Gasteiger charge is -2.15. The van der Waals surface area contributed by atoms with E-state index in [-0.39, 0.29) is 16.3 Å². The van der Waals surface area contributed by atoms with Crippen LogP contribution >= 0.6 is 11.8 Å². The number of benzene rings is 1. The molecule has 0 bridgehead atoms. The van der Waals surface area contributed by atoms with E-state index in [0.29, 0.717) is 18.9 Å². The van der Waals surface area contributed by atoms with Crippen molar-refractivity contribution in [3.8, 4) is 0 Å². The molecule has 0 radical (unpaired) electrons. The third-order valence-corrected chi connectivity index (χ3v) is 4.41. The molecule has 2 aromatic rings. The summed E-state index contributed by atoms with van der Waals surface area (Å²) >= 11 is 1.24. The van der Waals surface area contributed by atoms with Gasteiger partial charge in [-0.15, -0.1) is 0 Å². The highest BCUT2D eigenvalue weighted by Crippen LogP contribution is 2.29. The average molecular weight is 289 g/mol. The number of para-hydroxylation sites is 2. The molecule has 1 atom stereocenters. The number of fused-ring (bicyclic) bond motifs is 1. The van der Waals surface area contributed by atoms with Gasteiger partial charge in [-0.1, -0.05) is 23.9 Å². The van der Waals surface area contributed by atoms with Crippen LogP contribution in [0.1, 0.15) is 13.3 Å². The van der Waals surface area contributed by atoms with E-state index in [0.717, 1.165) is 11.0 Å². The van der Waals surface area contributed by atoms with Crippen molar-refractivity contribution in [2.24, 2.45) is 7.05 Å². The number of aromatic nitrogens is 2. The fourth-order valence-corrected chi connectivity index (χ4v) is 3.47. The van der Waals surface area contributed by atoms with Gasteiger partial charge in [-0.2, -0.15) is 0 Å². The van der Waals surface area contributed by atoms with Gasteiger partial charge in [0.15, 0.2) is 5.12 Å². The topological polar surface area (TPSA) is 55.2 Å². The van der Waals surface area contributed by atoms with E-state index in [4.69, 9.17) is 0 Å². The predicted octanol–water partition coefficient (Wildman–Crippen LogP) is 1.96. The Morgan fingerprint density at radius 2 is 2.15 bits per heavy atom. The molecule has 0 aliphatic carbocycles. The number of nitrogens with zero attached hydrogens (tertiary/aromatic N) is 3. The molecular weight excluding hydrogens is 274 g/mol. The highest BCUT2D eigenvalue weighted by Gasteiger charge is 2.34. The first kappa shape index (κ1) is 13.2. The number of imidazole rings is 1. The smallest absolute Gasteiger partial charge is 0.230 e. The van der Waals surface area contributed by atoms with Crippen molar-refractivity contribution in [2.75, 3.05) is 11.4 Å². The van der Waals surface area contributed by atoms with Gasteiger partial charge in [-0.25, -0.2) is 4.98 Å². The first-order valence-electron chi connectivity index (χ1n) is 6.45. The molecule has 5 nitrogen and oxygen atoms in total. The van der Waals surface area contributed by atoms with Gasteiger partial charge in [0.25, 0.3) is 0 Å². The summed E-state index contributed by atoms with van der Waals surface area (Å²) in [6, 6.07) is 7.79. The van der Waals surface area contributed by atoms with E-state index in [1.807, 2.05) is 35.9 Å². The standard InChI is InChI=1S/C14H15N3O2S/c1-9(18)20-10-7-13(19)17(8-10)14-15-11-5-3-4-6-12(11)16(14)2/h3-6,10H,7-8H2,1-2H3. The number of aryl methyl sites for hydroxylation is 1. The number of rotatable bonds is 2. The summed E-state index contributed by atoms with van der Waals surface area (Å²) in [4.78, 5) is 29.5. The van der Waals surface area contributed by atoms with Crippen molar-refractivity contribution in [3.05, 3.63) is 24.3 Å². The minimum Gasteiger partial charge on any atom is -0.313 e. The number of hydrogen-bond acceptors (Lipinski definition) is 4. The number of anilines is 1. The molecular formula is C14H15N3O2S. The summed E-state index contributed by atoms with van der Waals surface area (Å²) in [5, 5.41) is 0.0782. The Bertz CT molecular complexity index is 695. The van der Waals surface area contributed by atoms with E-state index >= 15 is 0 Å². The zero-order chi connectivity index (χ0) is 14.3. The van der Waals surface area contributed by atoms with Crippen LogP contribution in [-0.4, -0.2) is 32.4 Å². The van der Waals surface area contributed by atoms with E-state index < -0.39 is 0 Å². The van der Waals surface area contributed by atoms with Crippen LogP contribution in [0.4, 0.5) is 5.95 Å². The third-order valence-electron chi connectivity index (χ3n) is 3.43. The Morgan fingerprint density at radius 1 is 1.40 bits per heavy atom. The van der Waals surface area contributed by atoms with Gasteiger partial charge in [0.2, 0.25) is 11.9 Å². The van der Waals surface area contributed by atoms with Crippen LogP contribution in [0.25, 0.3) is 11.0 Å². The Kier molecular flexibility index (Phi) is 3.25. The fourth-order valence-electron chi connectivity index (χ4n) is 2.56. The van der Waals surface area contributed by atoms with Crippen molar-refractivity contribution in [3.63, 3.8) is 0 Å². The van der Waals surface area contributed by atoms with Crippen LogP contribution in [0.5, 0.6) is 0 Å². The van der Waals surface area contributed by atoms with Crippen molar-refractivity contribution < 1.29 is 9.59 Å². The van der Waals surface area contributed by atoms with Gasteiger partial charge in [0, 0.05) is 32.2 Å². The van der Waals surface area contributed by atoms with Crippen LogP contribution in [0.15, 0.2) is 24.3 Å². The second-order valence-electron chi connectivity index (χ2n) is 4.90. The van der Waals surface area contributed by atoms with Gasteiger partial charge in [0.05, 0.1) is 11.0 Å².